The highest BCUT2D eigenvalue weighted by molar-refractivity contribution is 6.34. The molecule has 3 aromatic heterocycles. The van der Waals surface area contributed by atoms with Gasteiger partial charge in [0.1, 0.15) is 17.2 Å². The van der Waals surface area contributed by atoms with Crippen LogP contribution in [0.15, 0.2) is 53.7 Å². The van der Waals surface area contributed by atoms with E-state index in [4.69, 9.17) is 11.6 Å². The second-order valence-electron chi connectivity index (χ2n) is 5.24. The van der Waals surface area contributed by atoms with Gasteiger partial charge in [-0.3, -0.25) is 9.78 Å². The van der Waals surface area contributed by atoms with Gasteiger partial charge in [0.15, 0.2) is 0 Å². The number of nitrogens with zero attached hydrogens (tertiary/aromatic N) is 2. The van der Waals surface area contributed by atoms with Crippen LogP contribution in [0.2, 0.25) is 5.02 Å². The van der Waals surface area contributed by atoms with Crippen LogP contribution >= 0.6 is 11.6 Å². The number of rotatable bonds is 2. The van der Waals surface area contributed by atoms with Crippen molar-refractivity contribution in [1.82, 2.24) is 19.9 Å². The van der Waals surface area contributed by atoms with E-state index in [2.05, 4.69) is 19.9 Å². The largest absolute Gasteiger partial charge is 0.337 e. The van der Waals surface area contributed by atoms with Gasteiger partial charge in [0, 0.05) is 18.5 Å². The molecule has 0 saturated heterocycles. The van der Waals surface area contributed by atoms with Crippen LogP contribution in [-0.4, -0.2) is 19.9 Å². The lowest BCUT2D eigenvalue weighted by Crippen LogP contribution is -2.01. The molecule has 0 unspecified atom stereocenters. The number of hydrogen-bond acceptors (Lipinski definition) is 3. The summed E-state index contributed by atoms with van der Waals surface area (Å²) >= 11 is 6.05. The van der Waals surface area contributed by atoms with Gasteiger partial charge in [-0.2, -0.15) is 0 Å². The zero-order valence-electron chi connectivity index (χ0n) is 12.2. The standard InChI is InChI=1S/C17H10ClFN4O/c18-12-7-20-8-14-16(12)23-17(22-14)11-3-1-9(5-13(11)19)10-2-4-15(24)21-6-10/h1-8H,(H,21,24)(H,22,23). The molecular formula is C17H10ClFN4O. The summed E-state index contributed by atoms with van der Waals surface area (Å²) in [6.45, 7) is 0. The van der Waals surface area contributed by atoms with Crippen LogP contribution in [0.1, 0.15) is 0 Å². The third-order valence-corrected chi connectivity index (χ3v) is 3.97. The molecule has 0 bridgehead atoms. The molecule has 7 heteroatoms. The molecule has 0 amide bonds. The van der Waals surface area contributed by atoms with Crippen LogP contribution in [0, 0.1) is 5.82 Å². The van der Waals surface area contributed by atoms with E-state index in [0.29, 0.717) is 33.0 Å². The van der Waals surface area contributed by atoms with E-state index in [0.717, 1.165) is 5.56 Å². The number of H-pyrrole nitrogens is 2. The predicted molar refractivity (Wildman–Crippen MR) is 90.3 cm³/mol. The number of benzene rings is 1. The predicted octanol–water partition coefficient (Wildman–Crippen LogP) is 3.77. The van der Waals surface area contributed by atoms with Gasteiger partial charge in [0.2, 0.25) is 5.56 Å². The van der Waals surface area contributed by atoms with E-state index in [-0.39, 0.29) is 5.56 Å². The van der Waals surface area contributed by atoms with Crippen LogP contribution in [0.5, 0.6) is 0 Å². The van der Waals surface area contributed by atoms with Crippen molar-refractivity contribution in [3.63, 3.8) is 0 Å². The summed E-state index contributed by atoms with van der Waals surface area (Å²) in [6, 6.07) is 7.83. The maximum absolute atomic E-state index is 14.5. The lowest BCUT2D eigenvalue weighted by atomic mass is 10.0. The Morgan fingerprint density at radius 2 is 1.92 bits per heavy atom. The summed E-state index contributed by atoms with van der Waals surface area (Å²) in [5, 5.41) is 0.403. The molecule has 0 atom stereocenters. The Morgan fingerprint density at radius 1 is 1.08 bits per heavy atom. The summed E-state index contributed by atoms with van der Waals surface area (Å²) in [4.78, 5) is 25.0. The fourth-order valence-corrected chi connectivity index (χ4v) is 2.71. The van der Waals surface area contributed by atoms with Gasteiger partial charge < -0.3 is 9.97 Å². The molecule has 5 nitrogen and oxygen atoms in total. The smallest absolute Gasteiger partial charge is 0.247 e. The Balaban J connectivity index is 1.79. The third kappa shape index (κ3) is 2.47. The average molecular weight is 341 g/mol. The molecule has 0 saturated carbocycles. The molecular weight excluding hydrogens is 331 g/mol. The number of aromatic nitrogens is 4. The Kier molecular flexibility index (Phi) is 3.39. The molecule has 0 spiro atoms. The SMILES string of the molecule is O=c1ccc(-c2ccc(-c3nc4c(Cl)cncc4[nH]3)c(F)c2)c[nH]1. The second-order valence-corrected chi connectivity index (χ2v) is 5.65. The number of pyridine rings is 2. The number of hydrogen-bond donors (Lipinski definition) is 2. The van der Waals surface area contributed by atoms with Gasteiger partial charge in [-0.1, -0.05) is 17.7 Å². The monoisotopic (exact) mass is 340 g/mol. The Hall–Kier alpha value is -2.99. The number of imidazole rings is 1. The van der Waals surface area contributed by atoms with Crippen molar-refractivity contribution in [2.24, 2.45) is 0 Å². The van der Waals surface area contributed by atoms with E-state index in [9.17, 15) is 9.18 Å². The van der Waals surface area contributed by atoms with Crippen molar-refractivity contribution in [3.05, 3.63) is 70.1 Å². The average Bonchev–Trinajstić information content (AvgIpc) is 3.01. The molecule has 0 aliphatic rings. The van der Waals surface area contributed by atoms with Gasteiger partial charge in [-0.15, -0.1) is 0 Å². The Bertz CT molecular complexity index is 1100. The van der Waals surface area contributed by atoms with Crippen molar-refractivity contribution in [2.75, 3.05) is 0 Å². The maximum Gasteiger partial charge on any atom is 0.247 e. The van der Waals surface area contributed by atoms with Crippen LogP contribution in [0.25, 0.3) is 33.5 Å². The van der Waals surface area contributed by atoms with Crippen LogP contribution in [0.3, 0.4) is 0 Å². The van der Waals surface area contributed by atoms with Crippen molar-refractivity contribution >= 4 is 22.6 Å². The zero-order chi connectivity index (χ0) is 16.7. The van der Waals surface area contributed by atoms with E-state index < -0.39 is 5.82 Å². The zero-order valence-corrected chi connectivity index (χ0v) is 12.9. The first kappa shape index (κ1) is 14.6. The minimum Gasteiger partial charge on any atom is -0.337 e. The van der Waals surface area contributed by atoms with E-state index >= 15 is 0 Å². The van der Waals surface area contributed by atoms with Crippen molar-refractivity contribution < 1.29 is 4.39 Å². The minimum absolute atomic E-state index is 0.205. The van der Waals surface area contributed by atoms with Crippen molar-refractivity contribution in [1.29, 1.82) is 0 Å². The first-order valence-corrected chi connectivity index (χ1v) is 7.48. The fraction of sp³-hybridized carbons (Fsp3) is 0. The highest BCUT2D eigenvalue weighted by Crippen LogP contribution is 2.29. The van der Waals surface area contributed by atoms with E-state index in [1.165, 1.54) is 18.3 Å². The summed E-state index contributed by atoms with van der Waals surface area (Å²) in [5.74, 6) is -0.0488. The molecule has 0 aliphatic carbocycles. The lowest BCUT2D eigenvalue weighted by Gasteiger charge is -2.04. The first-order chi connectivity index (χ1) is 11.6. The highest BCUT2D eigenvalue weighted by Gasteiger charge is 2.13. The second kappa shape index (κ2) is 5.58. The first-order valence-electron chi connectivity index (χ1n) is 7.10. The summed E-state index contributed by atoms with van der Waals surface area (Å²) in [5.41, 5.74) is 2.69. The van der Waals surface area contributed by atoms with Gasteiger partial charge >= 0.3 is 0 Å². The number of aromatic amines is 2. The lowest BCUT2D eigenvalue weighted by molar-refractivity contribution is 0.631. The van der Waals surface area contributed by atoms with Gasteiger partial charge in [0.25, 0.3) is 0 Å². The molecule has 4 rings (SSSR count). The quantitative estimate of drug-likeness (QED) is 0.583. The number of fused-ring (bicyclic) bond motifs is 1. The molecule has 2 N–H and O–H groups in total. The Morgan fingerprint density at radius 3 is 2.62 bits per heavy atom. The van der Waals surface area contributed by atoms with E-state index in [1.807, 2.05) is 0 Å². The van der Waals surface area contributed by atoms with Gasteiger partial charge in [0.05, 0.1) is 22.3 Å². The van der Waals surface area contributed by atoms with Crippen LogP contribution in [-0.2, 0) is 0 Å². The number of halogens is 2. The molecule has 24 heavy (non-hydrogen) atoms. The number of nitrogens with one attached hydrogen (secondary N) is 2. The highest BCUT2D eigenvalue weighted by atomic mass is 35.5. The molecule has 118 valence electrons. The molecule has 0 radical (unpaired) electrons. The molecule has 0 fully saturated rings. The van der Waals surface area contributed by atoms with Gasteiger partial charge in [-0.25, -0.2) is 9.37 Å². The van der Waals surface area contributed by atoms with Crippen molar-refractivity contribution in [2.45, 2.75) is 0 Å². The molecule has 4 aromatic rings. The minimum atomic E-state index is -0.429. The summed E-state index contributed by atoms with van der Waals surface area (Å²) in [6.07, 6.45) is 4.62. The summed E-state index contributed by atoms with van der Waals surface area (Å²) < 4.78 is 14.5. The maximum atomic E-state index is 14.5. The molecule has 1 aromatic carbocycles. The molecule has 0 aliphatic heterocycles. The third-order valence-electron chi connectivity index (χ3n) is 3.69. The fourth-order valence-electron chi connectivity index (χ4n) is 2.51. The van der Waals surface area contributed by atoms with Crippen LogP contribution in [0.4, 0.5) is 4.39 Å². The topological polar surface area (TPSA) is 74.4 Å². The van der Waals surface area contributed by atoms with Crippen molar-refractivity contribution in [3.8, 4) is 22.5 Å². The van der Waals surface area contributed by atoms with E-state index in [1.54, 1.807) is 30.6 Å². The molecule has 3 heterocycles. The normalized spacial score (nSPS) is 11.1. The van der Waals surface area contributed by atoms with Crippen LogP contribution < -0.4 is 5.56 Å². The summed E-state index contributed by atoms with van der Waals surface area (Å²) in [7, 11) is 0. The Labute approximate surface area is 140 Å². The van der Waals surface area contributed by atoms with Gasteiger partial charge in [-0.05, 0) is 29.3 Å².